The van der Waals surface area contributed by atoms with Gasteiger partial charge in [-0.05, 0) is 35.1 Å². The standard InChI is InChI=1S/C19H18N2/c1-13-11-14-7-3-4-8-15(14)19(13)16-9-5-6-10-17(16)21(2)18(19)12-20/h3-10,13,18H,11H2,1-2H3/t13-,18-,19+/m1/s1. The summed E-state index contributed by atoms with van der Waals surface area (Å²) in [4.78, 5) is 2.16. The molecule has 0 amide bonds. The van der Waals surface area contributed by atoms with Crippen molar-refractivity contribution in [1.29, 1.82) is 5.26 Å². The Morgan fingerprint density at radius 3 is 2.52 bits per heavy atom. The van der Waals surface area contributed by atoms with E-state index < -0.39 is 0 Å². The molecule has 104 valence electrons. The summed E-state index contributed by atoms with van der Waals surface area (Å²) < 4.78 is 0. The van der Waals surface area contributed by atoms with E-state index in [1.54, 1.807) is 0 Å². The highest BCUT2D eigenvalue weighted by atomic mass is 15.2. The topological polar surface area (TPSA) is 27.0 Å². The fraction of sp³-hybridized carbons (Fsp3) is 0.316. The zero-order chi connectivity index (χ0) is 14.6. The molecule has 4 rings (SSSR count). The molecule has 0 fully saturated rings. The number of hydrogen-bond donors (Lipinski definition) is 0. The van der Waals surface area contributed by atoms with Crippen molar-refractivity contribution < 1.29 is 0 Å². The Labute approximate surface area is 125 Å². The average Bonchev–Trinajstić information content (AvgIpc) is 2.95. The van der Waals surface area contributed by atoms with Gasteiger partial charge in [0.25, 0.3) is 0 Å². The smallest absolute Gasteiger partial charge is 0.130 e. The molecule has 0 N–H and O–H groups in total. The number of fused-ring (bicyclic) bond motifs is 4. The highest BCUT2D eigenvalue weighted by Gasteiger charge is 2.57. The van der Waals surface area contributed by atoms with E-state index in [4.69, 9.17) is 0 Å². The quantitative estimate of drug-likeness (QED) is 0.735. The molecule has 0 bridgehead atoms. The zero-order valence-corrected chi connectivity index (χ0v) is 12.4. The third-order valence-electron chi connectivity index (χ3n) is 5.44. The Hall–Kier alpha value is -2.27. The fourth-order valence-electron chi connectivity index (χ4n) is 4.60. The number of rotatable bonds is 0. The number of likely N-dealkylation sites (N-methyl/N-ethyl adjacent to an activating group) is 1. The molecular formula is C19H18N2. The van der Waals surface area contributed by atoms with Gasteiger partial charge in [-0.15, -0.1) is 0 Å². The molecule has 2 nitrogen and oxygen atoms in total. The summed E-state index contributed by atoms with van der Waals surface area (Å²) in [5, 5.41) is 9.89. The van der Waals surface area contributed by atoms with Gasteiger partial charge in [0.2, 0.25) is 0 Å². The molecule has 0 radical (unpaired) electrons. The normalized spacial score (nSPS) is 29.3. The predicted molar refractivity (Wildman–Crippen MR) is 84.3 cm³/mol. The molecule has 21 heavy (non-hydrogen) atoms. The van der Waals surface area contributed by atoms with Crippen molar-refractivity contribution in [3.8, 4) is 6.07 Å². The lowest BCUT2D eigenvalue weighted by atomic mass is 9.67. The van der Waals surface area contributed by atoms with Crippen LogP contribution in [-0.4, -0.2) is 13.1 Å². The number of nitrogens with zero attached hydrogens (tertiary/aromatic N) is 2. The molecule has 2 aromatic rings. The van der Waals surface area contributed by atoms with Crippen LogP contribution in [0.3, 0.4) is 0 Å². The highest BCUT2D eigenvalue weighted by Crippen LogP contribution is 2.57. The van der Waals surface area contributed by atoms with Crippen molar-refractivity contribution in [2.75, 3.05) is 11.9 Å². The summed E-state index contributed by atoms with van der Waals surface area (Å²) in [6.45, 7) is 2.29. The van der Waals surface area contributed by atoms with Gasteiger partial charge in [0.1, 0.15) is 6.04 Å². The minimum Gasteiger partial charge on any atom is -0.358 e. The Morgan fingerprint density at radius 2 is 1.76 bits per heavy atom. The first-order chi connectivity index (χ1) is 10.2. The van der Waals surface area contributed by atoms with E-state index >= 15 is 0 Å². The van der Waals surface area contributed by atoms with Crippen molar-refractivity contribution in [1.82, 2.24) is 0 Å². The zero-order valence-electron chi connectivity index (χ0n) is 12.4. The SMILES string of the molecule is C[C@@H]1Cc2ccccc2[C@]12c1ccccc1N(C)[C@@H]2C#N. The summed E-state index contributed by atoms with van der Waals surface area (Å²) in [5.41, 5.74) is 5.08. The van der Waals surface area contributed by atoms with Gasteiger partial charge in [-0.1, -0.05) is 49.4 Å². The van der Waals surface area contributed by atoms with E-state index in [1.165, 1.54) is 22.4 Å². The summed E-state index contributed by atoms with van der Waals surface area (Å²) in [6, 6.07) is 19.6. The van der Waals surface area contributed by atoms with Crippen LogP contribution in [0.1, 0.15) is 23.6 Å². The monoisotopic (exact) mass is 274 g/mol. The van der Waals surface area contributed by atoms with Crippen LogP contribution < -0.4 is 4.90 Å². The first-order valence-corrected chi connectivity index (χ1v) is 7.51. The second kappa shape index (κ2) is 4.11. The molecule has 0 saturated carbocycles. The number of para-hydroxylation sites is 1. The summed E-state index contributed by atoms with van der Waals surface area (Å²) in [5.74, 6) is 0.436. The minimum atomic E-state index is -0.184. The predicted octanol–water partition coefficient (Wildman–Crippen LogP) is 3.51. The van der Waals surface area contributed by atoms with E-state index in [0.29, 0.717) is 5.92 Å². The van der Waals surface area contributed by atoms with Gasteiger partial charge in [0.05, 0.1) is 11.5 Å². The van der Waals surface area contributed by atoms with Gasteiger partial charge >= 0.3 is 0 Å². The Balaban J connectivity index is 2.09. The molecule has 1 heterocycles. The van der Waals surface area contributed by atoms with E-state index in [0.717, 1.165) is 6.42 Å². The molecule has 3 atom stereocenters. The number of benzene rings is 2. The second-order valence-electron chi connectivity index (χ2n) is 6.29. The Kier molecular flexibility index (Phi) is 2.44. The Bertz CT molecular complexity index is 758. The van der Waals surface area contributed by atoms with Crippen LogP contribution in [0.5, 0.6) is 0 Å². The lowest BCUT2D eigenvalue weighted by molar-refractivity contribution is 0.363. The molecule has 0 aromatic heterocycles. The average molecular weight is 274 g/mol. The fourth-order valence-corrected chi connectivity index (χ4v) is 4.60. The van der Waals surface area contributed by atoms with Crippen LogP contribution in [0.2, 0.25) is 0 Å². The summed E-state index contributed by atoms with van der Waals surface area (Å²) in [7, 11) is 2.05. The summed E-state index contributed by atoms with van der Waals surface area (Å²) >= 11 is 0. The second-order valence-corrected chi connectivity index (χ2v) is 6.29. The molecule has 1 aliphatic heterocycles. The van der Waals surface area contributed by atoms with Crippen molar-refractivity contribution in [2.24, 2.45) is 5.92 Å². The first-order valence-electron chi connectivity index (χ1n) is 7.51. The number of nitriles is 1. The molecule has 2 aromatic carbocycles. The molecule has 2 heteroatoms. The third kappa shape index (κ3) is 1.32. The van der Waals surface area contributed by atoms with Gasteiger partial charge in [0.15, 0.2) is 0 Å². The van der Waals surface area contributed by atoms with E-state index in [9.17, 15) is 5.26 Å². The van der Waals surface area contributed by atoms with Crippen molar-refractivity contribution >= 4 is 5.69 Å². The van der Waals surface area contributed by atoms with Gasteiger partial charge in [-0.3, -0.25) is 0 Å². The van der Waals surface area contributed by atoms with E-state index in [1.807, 2.05) is 0 Å². The Morgan fingerprint density at radius 1 is 1.10 bits per heavy atom. The largest absolute Gasteiger partial charge is 0.358 e. The molecule has 1 aliphatic carbocycles. The van der Waals surface area contributed by atoms with Gasteiger partial charge in [-0.25, -0.2) is 0 Å². The van der Waals surface area contributed by atoms with Gasteiger partial charge in [0, 0.05) is 12.7 Å². The number of anilines is 1. The van der Waals surface area contributed by atoms with Crippen LogP contribution in [0.15, 0.2) is 48.5 Å². The first kappa shape index (κ1) is 12.5. The number of hydrogen-bond acceptors (Lipinski definition) is 2. The summed E-state index contributed by atoms with van der Waals surface area (Å²) in [6.07, 6.45) is 1.05. The lowest BCUT2D eigenvalue weighted by Gasteiger charge is -2.35. The van der Waals surface area contributed by atoms with Crippen LogP contribution in [0, 0.1) is 17.2 Å². The molecular weight excluding hydrogens is 256 g/mol. The lowest BCUT2D eigenvalue weighted by Crippen LogP contribution is -2.45. The maximum atomic E-state index is 9.89. The molecule has 2 aliphatic rings. The minimum absolute atomic E-state index is 0.131. The third-order valence-corrected chi connectivity index (χ3v) is 5.44. The van der Waals surface area contributed by atoms with Crippen LogP contribution in [0.4, 0.5) is 5.69 Å². The van der Waals surface area contributed by atoms with Crippen LogP contribution >= 0.6 is 0 Å². The van der Waals surface area contributed by atoms with E-state index in [-0.39, 0.29) is 11.5 Å². The van der Waals surface area contributed by atoms with Gasteiger partial charge in [-0.2, -0.15) is 5.26 Å². The van der Waals surface area contributed by atoms with Crippen LogP contribution in [0.25, 0.3) is 0 Å². The van der Waals surface area contributed by atoms with Gasteiger partial charge < -0.3 is 4.90 Å². The maximum absolute atomic E-state index is 9.89. The van der Waals surface area contributed by atoms with Crippen molar-refractivity contribution in [3.63, 3.8) is 0 Å². The van der Waals surface area contributed by atoms with Crippen LogP contribution in [-0.2, 0) is 11.8 Å². The molecule has 0 saturated heterocycles. The maximum Gasteiger partial charge on any atom is 0.130 e. The van der Waals surface area contributed by atoms with E-state index in [2.05, 4.69) is 73.5 Å². The van der Waals surface area contributed by atoms with Crippen molar-refractivity contribution in [3.05, 3.63) is 65.2 Å². The highest BCUT2D eigenvalue weighted by molar-refractivity contribution is 5.71. The molecule has 1 spiro atoms. The van der Waals surface area contributed by atoms with Crippen molar-refractivity contribution in [2.45, 2.75) is 24.8 Å². The molecule has 0 unspecified atom stereocenters.